The smallest absolute Gasteiger partial charge is 0.286 e. The molecule has 0 aliphatic rings. The number of anilines is 2. The van der Waals surface area contributed by atoms with Crippen LogP contribution in [0.4, 0.5) is 11.5 Å². The molecule has 5 aromatic rings. The number of para-hydroxylation sites is 1. The van der Waals surface area contributed by atoms with Crippen LogP contribution in [0.5, 0.6) is 0 Å². The summed E-state index contributed by atoms with van der Waals surface area (Å²) < 4.78 is 0.902. The second kappa shape index (κ2) is 6.06. The van der Waals surface area contributed by atoms with Crippen molar-refractivity contribution in [1.29, 1.82) is 0 Å². The van der Waals surface area contributed by atoms with Crippen LogP contribution < -0.4 is 32.9 Å². The van der Waals surface area contributed by atoms with Gasteiger partial charge in [0.15, 0.2) is 16.8 Å². The Bertz CT molecular complexity index is 1650. The monoisotopic (exact) mass is 384 g/mol. The van der Waals surface area contributed by atoms with E-state index in [-0.39, 0.29) is 38.5 Å². The van der Waals surface area contributed by atoms with Gasteiger partial charge in [0.1, 0.15) is 10.9 Å². The van der Waals surface area contributed by atoms with Crippen molar-refractivity contribution in [3.63, 3.8) is 0 Å². The maximum atomic E-state index is 12.9. The summed E-state index contributed by atoms with van der Waals surface area (Å²) in [6.45, 7) is 0. The van der Waals surface area contributed by atoms with Gasteiger partial charge in [0.25, 0.3) is 5.56 Å². The van der Waals surface area contributed by atoms with Gasteiger partial charge in [-0.1, -0.05) is 42.5 Å². The van der Waals surface area contributed by atoms with Crippen molar-refractivity contribution < 1.29 is 0 Å². The van der Waals surface area contributed by atoms with Gasteiger partial charge < -0.3 is 5.73 Å². The van der Waals surface area contributed by atoms with Gasteiger partial charge in [-0.05, 0) is 12.1 Å². The molecule has 0 unspecified atom stereocenters. The van der Waals surface area contributed by atoms with Crippen molar-refractivity contribution in [2.45, 2.75) is 0 Å². The number of hydrogen-bond donors (Lipinski definition) is 2. The number of hydrogen-bond acceptors (Lipinski definition) is 8. The molecule has 0 amide bonds. The quantitative estimate of drug-likeness (QED) is 0.335. The Morgan fingerprint density at radius 2 is 1.55 bits per heavy atom. The first-order valence-corrected chi connectivity index (χ1v) is 8.65. The predicted octanol–water partition coefficient (Wildman–Crippen LogP) is 0.502. The first-order valence-electron chi connectivity index (χ1n) is 8.65. The Kier molecular flexibility index (Phi) is 3.50. The van der Waals surface area contributed by atoms with Crippen molar-refractivity contribution in [3.8, 4) is 0 Å². The molecule has 2 aromatic heterocycles. The minimum atomic E-state index is -0.759. The summed E-state index contributed by atoms with van der Waals surface area (Å²) in [7, 11) is 0. The second-order valence-electron chi connectivity index (χ2n) is 6.40. The Morgan fingerprint density at radius 1 is 0.897 bits per heavy atom. The van der Waals surface area contributed by atoms with Crippen LogP contribution in [0.15, 0.2) is 74.1 Å². The summed E-state index contributed by atoms with van der Waals surface area (Å²) in [6, 6.07) is 15.4. The first-order chi connectivity index (χ1) is 14.1. The minimum Gasteiger partial charge on any atom is -0.380 e. The van der Waals surface area contributed by atoms with Gasteiger partial charge in [0, 0.05) is 10.8 Å². The molecule has 0 atom stereocenters. The first kappa shape index (κ1) is 16.8. The molecule has 0 aliphatic heterocycles. The van der Waals surface area contributed by atoms with Gasteiger partial charge in [-0.2, -0.15) is 9.62 Å². The molecule has 0 fully saturated rings. The number of rotatable bonds is 2. The van der Waals surface area contributed by atoms with E-state index in [4.69, 9.17) is 5.73 Å². The molecule has 0 spiro atoms. The fourth-order valence-electron chi connectivity index (χ4n) is 3.28. The van der Waals surface area contributed by atoms with Crippen LogP contribution in [0.25, 0.3) is 27.3 Å². The van der Waals surface area contributed by atoms with E-state index in [0.717, 1.165) is 4.52 Å². The van der Waals surface area contributed by atoms with Gasteiger partial charge in [0.05, 0.1) is 5.69 Å². The van der Waals surface area contributed by atoms with E-state index in [1.54, 1.807) is 24.3 Å². The van der Waals surface area contributed by atoms with Crippen molar-refractivity contribution in [3.05, 3.63) is 90.8 Å². The van der Waals surface area contributed by atoms with Gasteiger partial charge >= 0.3 is 0 Å². The standard InChI is InChI=1S/C20H12N6O3/c21-18-15(24-23-10-6-2-1-3-7-10)19-22-14-13(20(29)26(19)25-18)16(27)11-8-4-5-9-12(11)17(14)28/h1-9,23H,(H2,21,25). The van der Waals surface area contributed by atoms with Crippen LogP contribution in [0.1, 0.15) is 0 Å². The van der Waals surface area contributed by atoms with Gasteiger partial charge in [-0.3, -0.25) is 19.8 Å². The number of nitrogens with one attached hydrogen (secondary N) is 1. The van der Waals surface area contributed by atoms with E-state index >= 15 is 0 Å². The molecular weight excluding hydrogens is 372 g/mol. The Morgan fingerprint density at radius 3 is 2.28 bits per heavy atom. The number of aromatic nitrogens is 3. The molecule has 0 bridgehead atoms. The SMILES string of the molecule is Nc1nn2c(=O)c3c(=O)c4ccccc4c(=O)c3nc2c1=NNc1ccccc1. The lowest BCUT2D eigenvalue weighted by Crippen LogP contribution is -2.27. The Balaban J connectivity index is 1.89. The lowest BCUT2D eigenvalue weighted by atomic mass is 10.1. The molecule has 3 N–H and O–H groups in total. The predicted molar refractivity (Wildman–Crippen MR) is 109 cm³/mol. The number of nitrogens with two attached hydrogens (primary N) is 1. The molecule has 2 heterocycles. The molecule has 9 heteroatoms. The van der Waals surface area contributed by atoms with Crippen LogP contribution in [0.2, 0.25) is 0 Å². The number of fused-ring (bicyclic) bond motifs is 3. The molecule has 0 aliphatic carbocycles. The molecule has 140 valence electrons. The van der Waals surface area contributed by atoms with E-state index in [2.05, 4.69) is 20.6 Å². The van der Waals surface area contributed by atoms with E-state index in [1.807, 2.05) is 18.2 Å². The average molecular weight is 384 g/mol. The van der Waals surface area contributed by atoms with Gasteiger partial charge in [0.2, 0.25) is 10.9 Å². The normalized spacial score (nSPS) is 12.2. The van der Waals surface area contributed by atoms with Crippen LogP contribution in [-0.2, 0) is 0 Å². The molecule has 29 heavy (non-hydrogen) atoms. The third kappa shape index (κ3) is 2.41. The van der Waals surface area contributed by atoms with E-state index in [0.29, 0.717) is 5.69 Å². The van der Waals surface area contributed by atoms with E-state index in [1.165, 1.54) is 12.1 Å². The largest absolute Gasteiger partial charge is 0.380 e. The van der Waals surface area contributed by atoms with Crippen LogP contribution >= 0.6 is 0 Å². The third-order valence-electron chi connectivity index (χ3n) is 4.65. The third-order valence-corrected chi connectivity index (χ3v) is 4.65. The van der Waals surface area contributed by atoms with Gasteiger partial charge in [-0.25, -0.2) is 4.98 Å². The summed E-state index contributed by atoms with van der Waals surface area (Å²) in [4.78, 5) is 42.9. The topological polar surface area (TPSA) is 132 Å². The van der Waals surface area contributed by atoms with Crippen molar-refractivity contribution in [2.24, 2.45) is 5.10 Å². The fourth-order valence-corrected chi connectivity index (χ4v) is 3.28. The van der Waals surface area contributed by atoms with Crippen molar-refractivity contribution >= 4 is 38.8 Å². The minimum absolute atomic E-state index is 0.00443. The highest BCUT2D eigenvalue weighted by atomic mass is 16.1. The highest BCUT2D eigenvalue weighted by molar-refractivity contribution is 5.96. The highest BCUT2D eigenvalue weighted by Crippen LogP contribution is 2.10. The zero-order valence-electron chi connectivity index (χ0n) is 14.8. The number of nitrogens with zero attached hydrogens (tertiary/aromatic N) is 4. The Hall–Kier alpha value is -4.40. The highest BCUT2D eigenvalue weighted by Gasteiger charge is 2.19. The summed E-state index contributed by atoms with van der Waals surface area (Å²) in [5.41, 5.74) is 7.37. The molecule has 5 rings (SSSR count). The summed E-state index contributed by atoms with van der Waals surface area (Å²) >= 11 is 0. The van der Waals surface area contributed by atoms with Crippen LogP contribution in [0.3, 0.4) is 0 Å². The molecule has 9 nitrogen and oxygen atoms in total. The molecule has 0 saturated carbocycles. The lowest BCUT2D eigenvalue weighted by molar-refractivity contribution is 0.920. The lowest BCUT2D eigenvalue weighted by Gasteiger charge is -2.00. The molecule has 0 saturated heterocycles. The van der Waals surface area contributed by atoms with Crippen molar-refractivity contribution in [1.82, 2.24) is 14.6 Å². The molecular formula is C20H12N6O3. The van der Waals surface area contributed by atoms with E-state index < -0.39 is 16.4 Å². The summed E-state index contributed by atoms with van der Waals surface area (Å²) in [6.07, 6.45) is 0. The summed E-state index contributed by atoms with van der Waals surface area (Å²) in [5, 5.41) is 8.32. The van der Waals surface area contributed by atoms with Crippen molar-refractivity contribution in [2.75, 3.05) is 11.2 Å². The fraction of sp³-hybridized carbons (Fsp3) is 0. The zero-order valence-corrected chi connectivity index (χ0v) is 14.8. The van der Waals surface area contributed by atoms with Crippen LogP contribution in [0, 0.1) is 0 Å². The average Bonchev–Trinajstić information content (AvgIpc) is 3.07. The van der Waals surface area contributed by atoms with Crippen LogP contribution in [-0.4, -0.2) is 14.6 Å². The summed E-state index contributed by atoms with van der Waals surface area (Å²) in [5.74, 6) is -0.0576. The second-order valence-corrected chi connectivity index (χ2v) is 6.40. The maximum Gasteiger partial charge on any atom is 0.286 e. The molecule has 3 aromatic carbocycles. The van der Waals surface area contributed by atoms with Gasteiger partial charge in [-0.15, -0.1) is 5.10 Å². The Labute approximate surface area is 161 Å². The number of benzene rings is 3. The maximum absolute atomic E-state index is 12.9. The van der Waals surface area contributed by atoms with E-state index in [9.17, 15) is 14.4 Å². The zero-order chi connectivity index (χ0) is 20.1. The number of nitrogen functional groups attached to an aromatic ring is 1. The molecule has 0 radical (unpaired) electrons.